The molecule has 4 N–H and O–H groups in total. The van der Waals surface area contributed by atoms with Crippen LogP contribution in [0.25, 0.3) is 0 Å². The van der Waals surface area contributed by atoms with Crippen LogP contribution < -0.4 is 15.8 Å². The molecule has 1 heterocycles. The van der Waals surface area contributed by atoms with E-state index in [0.717, 1.165) is 31.6 Å². The highest BCUT2D eigenvalue weighted by atomic mass is 32.2. The van der Waals surface area contributed by atoms with Crippen LogP contribution in [0.15, 0.2) is 23.1 Å². The standard InChI is InChI=1S/C16H26N4O4S/c1-12-3-4-14(25(17,22)23)9-15(12)19-16(21)18-10-13-5-6-20(11-13)7-8-24-2/h3-4,9,13H,5-8,10-11H2,1-2H3,(H2,17,22,23)(H2,18,19,21)/t13-/m0/s1. The second-order valence-electron chi connectivity index (χ2n) is 6.30. The van der Waals surface area contributed by atoms with Gasteiger partial charge in [-0.05, 0) is 43.5 Å². The molecule has 0 bridgehead atoms. The molecule has 0 saturated carbocycles. The Labute approximate surface area is 148 Å². The zero-order valence-electron chi connectivity index (χ0n) is 14.6. The van der Waals surface area contributed by atoms with Crippen LogP contribution in [0.1, 0.15) is 12.0 Å². The minimum Gasteiger partial charge on any atom is -0.383 e. The second kappa shape index (κ2) is 8.61. The summed E-state index contributed by atoms with van der Waals surface area (Å²) in [4.78, 5) is 14.4. The minimum atomic E-state index is -3.80. The summed E-state index contributed by atoms with van der Waals surface area (Å²) >= 11 is 0. The van der Waals surface area contributed by atoms with E-state index in [-0.39, 0.29) is 10.9 Å². The van der Waals surface area contributed by atoms with Crippen LogP contribution >= 0.6 is 0 Å². The van der Waals surface area contributed by atoms with Crippen molar-refractivity contribution in [3.05, 3.63) is 23.8 Å². The number of sulfonamides is 1. The van der Waals surface area contributed by atoms with Gasteiger partial charge in [-0.15, -0.1) is 0 Å². The fraction of sp³-hybridized carbons (Fsp3) is 0.562. The Balaban J connectivity index is 1.85. The normalized spacial score (nSPS) is 18.3. The number of anilines is 1. The number of nitrogens with two attached hydrogens (primary N) is 1. The highest BCUT2D eigenvalue weighted by molar-refractivity contribution is 7.89. The van der Waals surface area contributed by atoms with Crippen LogP contribution in [0.2, 0.25) is 0 Å². The largest absolute Gasteiger partial charge is 0.383 e. The van der Waals surface area contributed by atoms with Crippen LogP contribution in [-0.2, 0) is 14.8 Å². The molecule has 8 nitrogen and oxygen atoms in total. The monoisotopic (exact) mass is 370 g/mol. The van der Waals surface area contributed by atoms with Crippen LogP contribution in [0.4, 0.5) is 10.5 Å². The number of urea groups is 1. The number of likely N-dealkylation sites (tertiary alicyclic amines) is 1. The van der Waals surface area contributed by atoms with E-state index in [0.29, 0.717) is 24.8 Å². The van der Waals surface area contributed by atoms with Gasteiger partial charge in [0.05, 0.1) is 11.5 Å². The number of amides is 2. The number of hydrogen-bond acceptors (Lipinski definition) is 5. The van der Waals surface area contributed by atoms with E-state index in [1.54, 1.807) is 20.1 Å². The maximum Gasteiger partial charge on any atom is 0.319 e. The summed E-state index contributed by atoms with van der Waals surface area (Å²) in [5.41, 5.74) is 1.19. The van der Waals surface area contributed by atoms with Gasteiger partial charge in [0.2, 0.25) is 10.0 Å². The SMILES string of the molecule is COCCN1CC[C@@H](CNC(=O)Nc2cc(S(N)(=O)=O)ccc2C)C1. The van der Waals surface area contributed by atoms with E-state index >= 15 is 0 Å². The van der Waals surface area contributed by atoms with Crippen molar-refractivity contribution in [2.24, 2.45) is 11.1 Å². The summed E-state index contributed by atoms with van der Waals surface area (Å²) in [7, 11) is -2.12. The van der Waals surface area contributed by atoms with Gasteiger partial charge in [0.15, 0.2) is 0 Å². The fourth-order valence-electron chi connectivity index (χ4n) is 2.82. The van der Waals surface area contributed by atoms with Crippen molar-refractivity contribution < 1.29 is 17.9 Å². The van der Waals surface area contributed by atoms with Crippen LogP contribution in [0, 0.1) is 12.8 Å². The fourth-order valence-corrected chi connectivity index (χ4v) is 3.36. The lowest BCUT2D eigenvalue weighted by Gasteiger charge is -2.16. The van der Waals surface area contributed by atoms with Gasteiger partial charge >= 0.3 is 6.03 Å². The summed E-state index contributed by atoms with van der Waals surface area (Å²) in [6, 6.07) is 4.04. The molecule has 0 spiro atoms. The molecule has 1 saturated heterocycles. The number of nitrogens with zero attached hydrogens (tertiary/aromatic N) is 1. The molecular formula is C16H26N4O4S. The van der Waals surface area contributed by atoms with Gasteiger partial charge in [0.1, 0.15) is 0 Å². The van der Waals surface area contributed by atoms with Crippen LogP contribution in [-0.4, -0.2) is 59.2 Å². The maximum atomic E-state index is 12.1. The Morgan fingerprint density at radius 3 is 2.88 bits per heavy atom. The maximum absolute atomic E-state index is 12.1. The van der Waals surface area contributed by atoms with Crippen molar-refractivity contribution >= 4 is 21.7 Å². The van der Waals surface area contributed by atoms with Crippen molar-refractivity contribution in [1.82, 2.24) is 10.2 Å². The van der Waals surface area contributed by atoms with Gasteiger partial charge in [0.25, 0.3) is 0 Å². The summed E-state index contributed by atoms with van der Waals surface area (Å²) in [6.45, 7) is 5.91. The van der Waals surface area contributed by atoms with E-state index in [1.165, 1.54) is 12.1 Å². The Morgan fingerprint density at radius 2 is 2.20 bits per heavy atom. The summed E-state index contributed by atoms with van der Waals surface area (Å²) in [5, 5.41) is 10.7. The van der Waals surface area contributed by atoms with Gasteiger partial charge in [-0.25, -0.2) is 18.4 Å². The lowest BCUT2D eigenvalue weighted by Crippen LogP contribution is -2.34. The first-order valence-corrected chi connectivity index (χ1v) is 9.74. The molecule has 1 aliphatic heterocycles. The molecule has 9 heteroatoms. The highest BCUT2D eigenvalue weighted by Gasteiger charge is 2.22. The predicted molar refractivity (Wildman–Crippen MR) is 96.0 cm³/mol. The minimum absolute atomic E-state index is 0.0297. The Kier molecular flexibility index (Phi) is 6.77. The molecule has 1 atom stereocenters. The third-order valence-electron chi connectivity index (χ3n) is 4.32. The number of hydrogen-bond donors (Lipinski definition) is 3. The van der Waals surface area contributed by atoms with E-state index in [9.17, 15) is 13.2 Å². The van der Waals surface area contributed by atoms with Crippen molar-refractivity contribution in [3.8, 4) is 0 Å². The summed E-state index contributed by atoms with van der Waals surface area (Å²) in [5.74, 6) is 0.402. The number of methoxy groups -OCH3 is 1. The number of aryl methyl sites for hydroxylation is 1. The number of carbonyl (C=O) groups excluding carboxylic acids is 1. The first-order valence-electron chi connectivity index (χ1n) is 8.19. The average molecular weight is 370 g/mol. The van der Waals surface area contributed by atoms with Crippen molar-refractivity contribution in [1.29, 1.82) is 0 Å². The number of carbonyl (C=O) groups is 1. The third-order valence-corrected chi connectivity index (χ3v) is 5.23. The third kappa shape index (κ3) is 5.96. The van der Waals surface area contributed by atoms with Crippen LogP contribution in [0.5, 0.6) is 0 Å². The van der Waals surface area contributed by atoms with Crippen molar-refractivity contribution in [2.75, 3.05) is 45.2 Å². The zero-order valence-corrected chi connectivity index (χ0v) is 15.4. The quantitative estimate of drug-likeness (QED) is 0.655. The number of benzene rings is 1. The predicted octanol–water partition coefficient (Wildman–Crippen LogP) is 0.732. The molecule has 1 aliphatic rings. The first-order chi connectivity index (χ1) is 11.8. The topological polar surface area (TPSA) is 114 Å². The number of primary sulfonamides is 1. The van der Waals surface area contributed by atoms with E-state index < -0.39 is 10.0 Å². The molecule has 0 aromatic heterocycles. The molecular weight excluding hydrogens is 344 g/mol. The smallest absolute Gasteiger partial charge is 0.319 e. The molecule has 0 unspecified atom stereocenters. The molecule has 1 aromatic carbocycles. The molecule has 140 valence electrons. The molecule has 2 amide bonds. The average Bonchev–Trinajstić information content (AvgIpc) is 3.00. The number of ether oxygens (including phenoxy) is 1. The number of rotatable bonds is 7. The van der Waals surface area contributed by atoms with Crippen molar-refractivity contribution in [3.63, 3.8) is 0 Å². The highest BCUT2D eigenvalue weighted by Crippen LogP contribution is 2.19. The first kappa shape index (κ1) is 19.6. The Bertz CT molecular complexity index is 708. The van der Waals surface area contributed by atoms with Gasteiger partial charge in [-0.3, -0.25) is 0 Å². The van der Waals surface area contributed by atoms with Gasteiger partial charge in [-0.1, -0.05) is 6.07 Å². The van der Waals surface area contributed by atoms with E-state index in [4.69, 9.17) is 9.88 Å². The van der Waals surface area contributed by atoms with Gasteiger partial charge in [-0.2, -0.15) is 0 Å². The van der Waals surface area contributed by atoms with Crippen molar-refractivity contribution in [2.45, 2.75) is 18.2 Å². The van der Waals surface area contributed by atoms with Gasteiger partial charge in [0, 0.05) is 32.4 Å². The molecule has 1 aromatic rings. The lowest BCUT2D eigenvalue weighted by molar-refractivity contribution is 0.159. The molecule has 0 radical (unpaired) electrons. The Morgan fingerprint density at radius 1 is 1.44 bits per heavy atom. The molecule has 25 heavy (non-hydrogen) atoms. The number of nitrogens with one attached hydrogen (secondary N) is 2. The van der Waals surface area contributed by atoms with Crippen LogP contribution in [0.3, 0.4) is 0 Å². The zero-order chi connectivity index (χ0) is 18.4. The van der Waals surface area contributed by atoms with E-state index in [2.05, 4.69) is 15.5 Å². The Hall–Kier alpha value is -1.68. The molecule has 1 fully saturated rings. The molecule has 2 rings (SSSR count). The van der Waals surface area contributed by atoms with Gasteiger partial charge < -0.3 is 20.3 Å². The summed E-state index contributed by atoms with van der Waals surface area (Å²) < 4.78 is 27.9. The lowest BCUT2D eigenvalue weighted by atomic mass is 10.1. The molecule has 0 aliphatic carbocycles. The second-order valence-corrected chi connectivity index (χ2v) is 7.87. The van der Waals surface area contributed by atoms with E-state index in [1.807, 2.05) is 0 Å². The summed E-state index contributed by atoms with van der Waals surface area (Å²) in [6.07, 6.45) is 1.03.